The van der Waals surface area contributed by atoms with Crippen molar-refractivity contribution in [3.63, 3.8) is 0 Å². The van der Waals surface area contributed by atoms with Crippen LogP contribution in [0.15, 0.2) is 120 Å². The van der Waals surface area contributed by atoms with Gasteiger partial charge in [-0.1, -0.05) is 188 Å². The zero-order valence-corrected chi connectivity index (χ0v) is 35.0. The van der Waals surface area contributed by atoms with Crippen molar-refractivity contribution in [1.29, 1.82) is 0 Å². The van der Waals surface area contributed by atoms with Gasteiger partial charge in [0, 0.05) is 49.2 Å². The van der Waals surface area contributed by atoms with Gasteiger partial charge in [0.2, 0.25) is 0 Å². The highest BCUT2D eigenvalue weighted by Gasteiger charge is 2.36. The molecule has 3 nitrogen and oxygen atoms in total. The molecule has 0 aliphatic carbocycles. The van der Waals surface area contributed by atoms with Gasteiger partial charge in [-0.25, -0.2) is 0 Å². The van der Waals surface area contributed by atoms with E-state index in [2.05, 4.69) is 92.6 Å². The van der Waals surface area contributed by atoms with Crippen LogP contribution in [0.5, 0.6) is 0 Å². The van der Waals surface area contributed by atoms with Crippen molar-refractivity contribution in [2.24, 2.45) is 5.16 Å². The molecule has 0 bridgehead atoms. The van der Waals surface area contributed by atoms with Gasteiger partial charge in [0.1, 0.15) is 0 Å². The maximum atomic E-state index is 12.1. The number of hydrogen-bond acceptors (Lipinski definition) is 3. The predicted molar refractivity (Wildman–Crippen MR) is 233 cm³/mol. The number of aryl methyl sites for hydroxylation is 2. The van der Waals surface area contributed by atoms with Crippen LogP contribution in [0.25, 0.3) is 5.57 Å². The van der Waals surface area contributed by atoms with E-state index in [9.17, 15) is 4.79 Å². The molecule has 1 aliphatic heterocycles. The molecule has 0 amide bonds. The Balaban J connectivity index is -0.000000660. The molecule has 4 aromatic carbocycles. The maximum Gasteiger partial charge on any atom is 0.186 e. The Hall–Kier alpha value is -2.78. The molecule has 1 aliphatic rings. The summed E-state index contributed by atoms with van der Waals surface area (Å²) < 4.78 is 0. The van der Waals surface area contributed by atoms with Gasteiger partial charge in [-0.3, -0.25) is 4.79 Å². The molecule has 1 heterocycles. The van der Waals surface area contributed by atoms with Crippen LogP contribution in [0.2, 0.25) is 0 Å². The van der Waals surface area contributed by atoms with E-state index in [0.29, 0.717) is 0 Å². The van der Waals surface area contributed by atoms with Gasteiger partial charge in [-0.15, -0.1) is 0 Å². The number of hydrogen-bond donors (Lipinski definition) is 0. The Morgan fingerprint density at radius 1 is 0.667 bits per heavy atom. The van der Waals surface area contributed by atoms with E-state index in [1.54, 1.807) is 6.08 Å². The fraction of sp³-hybridized carbons (Fsp3) is 0.349. The van der Waals surface area contributed by atoms with Crippen molar-refractivity contribution in [2.75, 3.05) is 0 Å². The quantitative estimate of drug-likeness (QED) is 0.114. The van der Waals surface area contributed by atoms with E-state index in [1.807, 2.05) is 142 Å². The molecule has 1 atom stereocenters. The monoisotopic (exact) mass is 877 g/mol. The largest absolute Gasteiger partial charge is 0.384 e. The summed E-state index contributed by atoms with van der Waals surface area (Å²) in [7, 11) is 0. The van der Waals surface area contributed by atoms with E-state index in [4.69, 9.17) is 4.84 Å². The number of halogens is 2. The number of benzene rings is 4. The lowest BCUT2D eigenvalue weighted by molar-refractivity contribution is -0.00738. The first-order valence-electron chi connectivity index (χ1n) is 16.7. The first kappa shape index (κ1) is 49.6. The molecule has 0 saturated carbocycles. The fourth-order valence-electron chi connectivity index (χ4n) is 4.17. The van der Waals surface area contributed by atoms with Gasteiger partial charge >= 0.3 is 0 Å². The Bertz CT molecular complexity index is 1400. The second-order valence-electron chi connectivity index (χ2n) is 9.69. The number of allylic oxidation sites excluding steroid dienone is 2. The smallest absolute Gasteiger partial charge is 0.186 e. The number of ketones is 1. The highest BCUT2D eigenvalue weighted by Crippen LogP contribution is 2.35. The van der Waals surface area contributed by atoms with Gasteiger partial charge in [-0.05, 0) is 56.0 Å². The summed E-state index contributed by atoms with van der Waals surface area (Å²) in [6, 6.07) is 36.3. The summed E-state index contributed by atoms with van der Waals surface area (Å²) in [5, 5.41) is 4.28. The molecule has 1 unspecified atom stereocenters. The van der Waals surface area contributed by atoms with E-state index in [0.717, 1.165) is 40.0 Å². The molecule has 0 spiro atoms. The van der Waals surface area contributed by atoms with Crippen LogP contribution < -0.4 is 0 Å². The van der Waals surface area contributed by atoms with Crippen LogP contribution in [0.3, 0.4) is 0 Å². The molecule has 0 radical (unpaired) electrons. The SMILES string of the molecule is C.C/C(=C\C(=O)c1ccc(C)cc1)c1ccccc1.CC.CC.CC.CC.Cc1ccc(C2=NOC(C)(c3ccccc3)C2)cc1.II. The zero-order valence-electron chi connectivity index (χ0n) is 30.7. The average molecular weight is 878 g/mol. The minimum absolute atomic E-state index is 0. The third kappa shape index (κ3) is 17.6. The summed E-state index contributed by atoms with van der Waals surface area (Å²) >= 11 is 4.24. The molecule has 0 saturated heterocycles. The van der Waals surface area contributed by atoms with Crippen LogP contribution >= 0.6 is 37.2 Å². The van der Waals surface area contributed by atoms with E-state index in [1.165, 1.54) is 11.1 Å². The zero-order chi connectivity index (χ0) is 36.3. The summed E-state index contributed by atoms with van der Waals surface area (Å²) in [6.07, 6.45) is 2.50. The Kier molecular flexibility index (Phi) is 31.3. The lowest BCUT2D eigenvalue weighted by Gasteiger charge is -2.21. The number of carbonyl (C=O) groups excluding carboxylic acids is 1. The van der Waals surface area contributed by atoms with Crippen molar-refractivity contribution in [3.05, 3.63) is 149 Å². The van der Waals surface area contributed by atoms with Gasteiger partial charge in [-0.2, -0.15) is 0 Å². The van der Waals surface area contributed by atoms with E-state index < -0.39 is 0 Å². The molecule has 0 fully saturated rings. The second kappa shape index (κ2) is 30.3. The van der Waals surface area contributed by atoms with Gasteiger partial charge in [0.05, 0.1) is 5.71 Å². The maximum absolute atomic E-state index is 12.1. The van der Waals surface area contributed by atoms with Crippen molar-refractivity contribution in [2.45, 2.75) is 103 Å². The molecule has 48 heavy (non-hydrogen) atoms. The predicted octanol–water partition coefficient (Wildman–Crippen LogP) is 14.8. The standard InChI is InChI=1S/C17H17NO.C17H16O.4C2H6.CH4.I2/c1-13-8-10-14(11-9-13)16-12-17(2,19-18-16)15-6-4-3-5-7-15;1-13-8-10-16(11-9-13)17(18)12-14(2)15-6-4-3-5-7-15;4*1-2;;1-2/h3-11H,12H2,1-2H3;3-12H,1-2H3;4*1-2H3;1H4;/b;14-12+;;;;;;. The van der Waals surface area contributed by atoms with Crippen LogP contribution in [0.4, 0.5) is 0 Å². The minimum atomic E-state index is -0.346. The van der Waals surface area contributed by atoms with Gasteiger partial charge in [0.25, 0.3) is 0 Å². The average Bonchev–Trinajstić information content (AvgIpc) is 3.57. The topological polar surface area (TPSA) is 38.7 Å². The number of nitrogens with zero attached hydrogens (tertiary/aromatic N) is 1. The lowest BCUT2D eigenvalue weighted by atomic mass is 9.89. The van der Waals surface area contributed by atoms with E-state index in [-0.39, 0.29) is 18.8 Å². The molecular weight excluding hydrogens is 816 g/mol. The highest BCUT2D eigenvalue weighted by molar-refractivity contribution is 15.0. The van der Waals surface area contributed by atoms with E-state index >= 15 is 0 Å². The van der Waals surface area contributed by atoms with Crippen molar-refractivity contribution in [3.8, 4) is 0 Å². The molecule has 0 N–H and O–H groups in total. The molecule has 0 aromatic heterocycles. The Morgan fingerprint density at radius 2 is 1.08 bits per heavy atom. The first-order valence-corrected chi connectivity index (χ1v) is 23.0. The van der Waals surface area contributed by atoms with Crippen molar-refractivity contribution >= 4 is 54.3 Å². The number of rotatable bonds is 5. The number of carbonyl (C=O) groups is 1. The summed E-state index contributed by atoms with van der Waals surface area (Å²) in [4.78, 5) is 17.8. The van der Waals surface area contributed by atoms with Crippen molar-refractivity contribution in [1.82, 2.24) is 0 Å². The molecule has 264 valence electrons. The van der Waals surface area contributed by atoms with Crippen LogP contribution in [0, 0.1) is 13.8 Å². The summed E-state index contributed by atoms with van der Waals surface area (Å²) in [5.41, 5.74) is 8.21. The molecular formula is C43H61I2NO2. The molecule has 5 heteroatoms. The van der Waals surface area contributed by atoms with Crippen molar-refractivity contribution < 1.29 is 9.63 Å². The van der Waals surface area contributed by atoms with Gasteiger partial charge < -0.3 is 4.84 Å². The van der Waals surface area contributed by atoms with Gasteiger partial charge in [0.15, 0.2) is 11.4 Å². The summed E-state index contributed by atoms with van der Waals surface area (Å²) in [6.45, 7) is 24.2. The molecule has 5 rings (SSSR count). The second-order valence-corrected chi connectivity index (χ2v) is 9.69. The lowest BCUT2D eigenvalue weighted by Crippen LogP contribution is -2.21. The Labute approximate surface area is 318 Å². The van der Waals surface area contributed by atoms with Crippen LogP contribution in [-0.2, 0) is 10.4 Å². The van der Waals surface area contributed by atoms with Crippen LogP contribution in [-0.4, -0.2) is 11.5 Å². The molecule has 4 aromatic rings. The highest BCUT2D eigenvalue weighted by atomic mass is 128. The number of oxime groups is 1. The van der Waals surface area contributed by atoms with Crippen LogP contribution in [0.1, 0.15) is 121 Å². The normalized spacial score (nSPS) is 13.5. The fourth-order valence-corrected chi connectivity index (χ4v) is 4.17. The summed E-state index contributed by atoms with van der Waals surface area (Å²) in [5.74, 6) is 0.0522. The first-order chi connectivity index (χ1) is 22.8. The Morgan fingerprint density at radius 3 is 1.54 bits per heavy atom. The third-order valence-corrected chi connectivity index (χ3v) is 6.54. The third-order valence-electron chi connectivity index (χ3n) is 6.54. The minimum Gasteiger partial charge on any atom is -0.384 e.